The van der Waals surface area contributed by atoms with E-state index in [0.717, 1.165) is 25.7 Å². The second kappa shape index (κ2) is 16.4. The molecule has 0 spiro atoms. The molecule has 0 radical (unpaired) electrons. The third-order valence-corrected chi connectivity index (χ3v) is 12.9. The van der Waals surface area contributed by atoms with Crippen LogP contribution in [0.2, 0.25) is 0 Å². The van der Waals surface area contributed by atoms with Crippen LogP contribution in [0.25, 0.3) is 0 Å². The van der Waals surface area contributed by atoms with Gasteiger partial charge in [-0.1, -0.05) is 20.8 Å². The van der Waals surface area contributed by atoms with Gasteiger partial charge < -0.3 is 36.5 Å². The molecule has 0 aliphatic heterocycles. The predicted octanol–water partition coefficient (Wildman–Crippen LogP) is 4.32. The van der Waals surface area contributed by atoms with Gasteiger partial charge in [-0.2, -0.15) is 0 Å². The number of aliphatic carboxylic acids is 1. The molecule has 0 heterocycles. The van der Waals surface area contributed by atoms with Crippen LogP contribution in [0.4, 0.5) is 0 Å². The molecule has 4 aliphatic carbocycles. The van der Waals surface area contributed by atoms with Gasteiger partial charge in [0.15, 0.2) is 0 Å². The van der Waals surface area contributed by atoms with Gasteiger partial charge in [-0.3, -0.25) is 19.2 Å². The van der Waals surface area contributed by atoms with E-state index in [4.69, 9.17) is 31.4 Å². The van der Waals surface area contributed by atoms with E-state index in [-0.39, 0.29) is 96.4 Å². The fourth-order valence-electron chi connectivity index (χ4n) is 10.4. The van der Waals surface area contributed by atoms with Crippen LogP contribution in [0, 0.1) is 46.3 Å². The number of fused-ring (bicyclic) bond motifs is 5. The van der Waals surface area contributed by atoms with Crippen molar-refractivity contribution in [1.29, 1.82) is 0 Å². The summed E-state index contributed by atoms with van der Waals surface area (Å²) in [5, 5.41) is 9.46. The normalized spacial score (nSPS) is 36.7. The average molecular weight is 664 g/mol. The molecule has 0 bridgehead atoms. The van der Waals surface area contributed by atoms with Gasteiger partial charge in [0.25, 0.3) is 0 Å². The van der Waals surface area contributed by atoms with E-state index < -0.39 is 11.4 Å². The van der Waals surface area contributed by atoms with Crippen LogP contribution in [-0.4, -0.2) is 66.9 Å². The number of hydrogen-bond donors (Lipinski definition) is 4. The number of nitrogens with two attached hydrogens (primary N) is 3. The van der Waals surface area contributed by atoms with E-state index in [1.165, 1.54) is 0 Å². The highest BCUT2D eigenvalue weighted by Gasteiger charge is 2.67. The number of carboxylic acid groups (broad SMARTS) is 1. The first kappa shape index (κ1) is 37.6. The van der Waals surface area contributed by atoms with Crippen LogP contribution in [0.3, 0.4) is 0 Å². The van der Waals surface area contributed by atoms with E-state index in [0.29, 0.717) is 71.0 Å². The van der Waals surface area contributed by atoms with Crippen LogP contribution < -0.4 is 17.2 Å². The summed E-state index contributed by atoms with van der Waals surface area (Å²) in [7, 11) is 0. The van der Waals surface area contributed by atoms with Gasteiger partial charge >= 0.3 is 23.9 Å². The first-order chi connectivity index (χ1) is 22.4. The molecule has 0 saturated heterocycles. The zero-order valence-electron chi connectivity index (χ0n) is 29.0. The molecular formula is C36H61N3O8. The Morgan fingerprint density at radius 3 is 1.96 bits per heavy atom. The smallest absolute Gasteiger partial charge is 0.306 e. The van der Waals surface area contributed by atoms with E-state index in [2.05, 4.69) is 20.8 Å². The van der Waals surface area contributed by atoms with Crippen LogP contribution in [-0.2, 0) is 33.4 Å². The lowest BCUT2D eigenvalue weighted by atomic mass is 9.43. The molecule has 4 fully saturated rings. The zero-order chi connectivity index (χ0) is 34.4. The quantitative estimate of drug-likeness (QED) is 0.136. The number of esters is 3. The summed E-state index contributed by atoms with van der Waals surface area (Å²) in [6, 6.07) is 0. The third-order valence-electron chi connectivity index (χ3n) is 12.9. The first-order valence-corrected chi connectivity index (χ1v) is 18.3. The van der Waals surface area contributed by atoms with Gasteiger partial charge in [0.05, 0.1) is 0 Å². The fourth-order valence-corrected chi connectivity index (χ4v) is 10.4. The number of hydrogen-bond acceptors (Lipinski definition) is 10. The summed E-state index contributed by atoms with van der Waals surface area (Å²) in [4.78, 5) is 50.5. The minimum Gasteiger partial charge on any atom is -0.481 e. The monoisotopic (exact) mass is 663 g/mol. The molecule has 4 rings (SSSR count). The molecule has 4 aliphatic rings. The summed E-state index contributed by atoms with van der Waals surface area (Å²) >= 11 is 0. The minimum absolute atomic E-state index is 0.0856. The van der Waals surface area contributed by atoms with Gasteiger partial charge in [0, 0.05) is 37.0 Å². The number of ether oxygens (including phenoxy) is 3. The first-order valence-electron chi connectivity index (χ1n) is 18.3. The Morgan fingerprint density at radius 2 is 1.36 bits per heavy atom. The lowest BCUT2D eigenvalue weighted by molar-refractivity contribution is -0.226. The Morgan fingerprint density at radius 1 is 0.766 bits per heavy atom. The minimum atomic E-state index is -0.804. The maximum atomic E-state index is 13.3. The molecule has 7 N–H and O–H groups in total. The Balaban J connectivity index is 1.69. The topological polar surface area (TPSA) is 194 Å². The van der Waals surface area contributed by atoms with Crippen LogP contribution >= 0.6 is 0 Å². The van der Waals surface area contributed by atoms with E-state index in [1.807, 2.05) is 0 Å². The van der Waals surface area contributed by atoms with E-state index >= 15 is 0 Å². The number of carbonyl (C=O) groups excluding carboxylic acids is 3. The highest BCUT2D eigenvalue weighted by molar-refractivity contribution is 5.70. The second-order valence-corrected chi connectivity index (χ2v) is 15.5. The Labute approximate surface area is 280 Å². The average Bonchev–Trinajstić information content (AvgIpc) is 3.39. The predicted molar refractivity (Wildman–Crippen MR) is 177 cm³/mol. The standard InChI is InChI=1S/C36H61N3O8/c1-22(10-13-30(40)41)25-11-12-26-34-27(21-29(36(25,26)3)47-33(44)9-6-18-39)35(2)15-14-24(45-31(42)7-4-16-37)19-23(35)20-28(34)46-32(43)8-5-17-38/h22-29,34H,4-21,37-39H2,1-3H3,(H,40,41)/t22-,23?,24-,25-,26+,27+,28-,29+,34?,35+,36?/m1/s1. The molecule has 0 amide bonds. The maximum Gasteiger partial charge on any atom is 0.306 e. The SMILES string of the molecule is C[C@H](CCC(=O)O)[C@H]1CC[C@H]2C3[C@H](OC(=O)CCCN)CC4C[C@H](OC(=O)CCCN)CC[C@]4(C)[C@H]3C[C@H](OC(=O)CCCN)C12C. The van der Waals surface area contributed by atoms with Crippen LogP contribution in [0.1, 0.15) is 117 Å². The van der Waals surface area contributed by atoms with Crippen LogP contribution in [0.15, 0.2) is 0 Å². The van der Waals surface area contributed by atoms with Gasteiger partial charge in [-0.25, -0.2) is 0 Å². The van der Waals surface area contributed by atoms with Gasteiger partial charge in [0.2, 0.25) is 0 Å². The highest BCUT2D eigenvalue weighted by atomic mass is 16.6. The van der Waals surface area contributed by atoms with Gasteiger partial charge in [-0.05, 0) is 125 Å². The summed E-state index contributed by atoms with van der Waals surface area (Å²) in [6.45, 7) is 8.01. The molecule has 3 unspecified atom stereocenters. The molecule has 268 valence electrons. The molecule has 11 nitrogen and oxygen atoms in total. The Bertz CT molecular complexity index is 1100. The largest absolute Gasteiger partial charge is 0.481 e. The van der Waals surface area contributed by atoms with E-state index in [9.17, 15) is 24.3 Å². The van der Waals surface area contributed by atoms with Crippen molar-refractivity contribution < 1.29 is 38.5 Å². The fraction of sp³-hybridized carbons (Fsp3) is 0.889. The molecule has 0 aromatic rings. The highest BCUT2D eigenvalue weighted by Crippen LogP contribution is 2.69. The molecule has 11 atom stereocenters. The number of carbonyl (C=O) groups is 4. The summed E-state index contributed by atoms with van der Waals surface area (Å²) in [5.74, 6) is -0.654. The number of rotatable bonds is 16. The lowest BCUT2D eigenvalue weighted by Crippen LogP contribution is -2.63. The summed E-state index contributed by atoms with van der Waals surface area (Å²) in [6.07, 6.45) is 7.94. The Hall–Kier alpha value is -2.24. The van der Waals surface area contributed by atoms with Crippen molar-refractivity contribution >= 4 is 23.9 Å². The van der Waals surface area contributed by atoms with Crippen molar-refractivity contribution in [3.05, 3.63) is 0 Å². The van der Waals surface area contributed by atoms with Crippen LogP contribution in [0.5, 0.6) is 0 Å². The van der Waals surface area contributed by atoms with Crippen molar-refractivity contribution in [3.8, 4) is 0 Å². The van der Waals surface area contributed by atoms with Crippen molar-refractivity contribution in [1.82, 2.24) is 0 Å². The van der Waals surface area contributed by atoms with Gasteiger partial charge in [-0.15, -0.1) is 0 Å². The van der Waals surface area contributed by atoms with E-state index in [1.54, 1.807) is 0 Å². The lowest BCUT2D eigenvalue weighted by Gasteiger charge is -2.64. The second-order valence-electron chi connectivity index (χ2n) is 15.5. The van der Waals surface area contributed by atoms with Crippen molar-refractivity contribution in [2.24, 2.45) is 63.5 Å². The summed E-state index contributed by atoms with van der Waals surface area (Å²) < 4.78 is 18.8. The van der Waals surface area contributed by atoms with Crippen molar-refractivity contribution in [2.75, 3.05) is 19.6 Å². The zero-order valence-corrected chi connectivity index (χ0v) is 29.0. The third kappa shape index (κ3) is 8.32. The number of carboxylic acids is 1. The maximum absolute atomic E-state index is 13.3. The molecule has 0 aromatic heterocycles. The Kier molecular flexibility index (Phi) is 13.1. The molecule has 4 saturated carbocycles. The molecule has 0 aromatic carbocycles. The molecule has 11 heteroatoms. The van der Waals surface area contributed by atoms with Gasteiger partial charge in [0.1, 0.15) is 18.3 Å². The van der Waals surface area contributed by atoms with Crippen molar-refractivity contribution in [2.45, 2.75) is 135 Å². The summed E-state index contributed by atoms with van der Waals surface area (Å²) in [5.41, 5.74) is 16.6. The molecule has 47 heavy (non-hydrogen) atoms. The molecular weight excluding hydrogens is 602 g/mol. The van der Waals surface area contributed by atoms with Crippen molar-refractivity contribution in [3.63, 3.8) is 0 Å².